The van der Waals surface area contributed by atoms with E-state index in [0.717, 1.165) is 32.1 Å². The van der Waals surface area contributed by atoms with Crippen LogP contribution in [0.3, 0.4) is 0 Å². The zero-order valence-corrected chi connectivity index (χ0v) is 34.6. The molecule has 1 saturated heterocycles. The number of nitrogens with zero attached hydrogens (tertiary/aromatic N) is 3. The molecule has 5 atom stereocenters. The van der Waals surface area contributed by atoms with Crippen LogP contribution in [0.25, 0.3) is 0 Å². The van der Waals surface area contributed by atoms with E-state index in [2.05, 4.69) is 36.0 Å². The van der Waals surface area contributed by atoms with Crippen molar-refractivity contribution in [2.75, 3.05) is 13.6 Å². The number of Topliss-reactive ketones (excluding diaryl/α,β-unsaturated/α-hetero) is 1. The van der Waals surface area contributed by atoms with Gasteiger partial charge in [-0.1, -0.05) is 53.4 Å². The summed E-state index contributed by atoms with van der Waals surface area (Å²) >= 11 is 0. The average Bonchev–Trinajstić information content (AvgIpc) is 3.93. The van der Waals surface area contributed by atoms with Gasteiger partial charge in [0.15, 0.2) is 0 Å². The quantitative estimate of drug-likeness (QED) is 0.144. The van der Waals surface area contributed by atoms with Crippen molar-refractivity contribution in [1.82, 2.24) is 40.9 Å². The number of sulfonamides is 1. The molecule has 0 radical (unpaired) electrons. The van der Waals surface area contributed by atoms with Crippen LogP contribution in [0.15, 0.2) is 47.8 Å². The molecule has 3 aliphatic rings. The van der Waals surface area contributed by atoms with Gasteiger partial charge >= 0.3 is 0 Å². The number of amides is 5. The first-order chi connectivity index (χ1) is 27.5. The topological polar surface area (TPSA) is 235 Å². The molecule has 1 aliphatic heterocycles. The van der Waals surface area contributed by atoms with Gasteiger partial charge in [-0.05, 0) is 74.8 Å². The van der Waals surface area contributed by atoms with Crippen LogP contribution in [-0.2, 0) is 34.0 Å². The van der Waals surface area contributed by atoms with Crippen molar-refractivity contribution in [3.8, 4) is 5.75 Å². The zero-order valence-electron chi connectivity index (χ0n) is 33.8. The first kappa shape index (κ1) is 44.1. The molecular formula is C40H56N8O9S. The maximum absolute atomic E-state index is 14.8. The third-order valence-electron chi connectivity index (χ3n) is 10.8. The number of rotatable bonds is 17. The van der Waals surface area contributed by atoms with Gasteiger partial charge in [-0.25, -0.2) is 18.1 Å². The summed E-state index contributed by atoms with van der Waals surface area (Å²) in [5.74, 6) is -3.86. The fraction of sp³-hybridized carbons (Fsp3) is 0.600. The largest absolute Gasteiger partial charge is 0.488 e. The third-order valence-corrected chi connectivity index (χ3v) is 12.2. The molecule has 1 aromatic carbocycles. The summed E-state index contributed by atoms with van der Waals surface area (Å²) in [5, 5.41) is 11.2. The maximum Gasteiger partial charge on any atom is 0.289 e. The van der Waals surface area contributed by atoms with Gasteiger partial charge in [0.05, 0.1) is 23.7 Å². The normalized spacial score (nSPS) is 20.3. The summed E-state index contributed by atoms with van der Waals surface area (Å²) in [6, 6.07) is 1.13. The van der Waals surface area contributed by atoms with Crippen molar-refractivity contribution in [2.45, 2.75) is 133 Å². The molecule has 316 valence electrons. The Balaban J connectivity index is 1.41. The lowest BCUT2D eigenvalue weighted by Gasteiger charge is -2.37. The van der Waals surface area contributed by atoms with E-state index in [4.69, 9.17) is 4.74 Å². The van der Waals surface area contributed by atoms with Crippen LogP contribution >= 0.6 is 0 Å². The summed E-state index contributed by atoms with van der Waals surface area (Å²) in [4.78, 5) is 92.0. The SMILES string of the molecule is CCC[C@H](NC(=O)[C@@H]1C[C@@H](Oc2ccc(S(=O)(=O)NC)cc2)CN1C(=O)[C@@H](NC(=O)C(NC(=O)c1cnccn1)C1CCCCC1)C(C)(C)C)C(=O)C(=O)NC1CC1. The molecule has 58 heavy (non-hydrogen) atoms. The Hall–Kier alpha value is -4.97. The smallest absolute Gasteiger partial charge is 0.289 e. The molecule has 2 heterocycles. The van der Waals surface area contributed by atoms with Crippen molar-refractivity contribution in [1.29, 1.82) is 0 Å². The van der Waals surface area contributed by atoms with E-state index in [1.54, 1.807) is 20.8 Å². The number of ketones is 1. The summed E-state index contributed by atoms with van der Waals surface area (Å²) < 4.78 is 33.1. The fourth-order valence-corrected chi connectivity index (χ4v) is 8.12. The number of hydrogen-bond donors (Lipinski definition) is 5. The Morgan fingerprint density at radius 3 is 2.21 bits per heavy atom. The molecule has 5 amide bonds. The van der Waals surface area contributed by atoms with Crippen molar-refractivity contribution >= 4 is 45.3 Å². The summed E-state index contributed by atoms with van der Waals surface area (Å²) in [6.07, 6.45) is 9.71. The van der Waals surface area contributed by atoms with Crippen LogP contribution in [-0.4, -0.2) is 109 Å². The van der Waals surface area contributed by atoms with Gasteiger partial charge < -0.3 is 30.9 Å². The van der Waals surface area contributed by atoms with Crippen molar-refractivity contribution in [3.63, 3.8) is 0 Å². The molecule has 1 unspecified atom stereocenters. The van der Waals surface area contributed by atoms with Crippen LogP contribution in [0.5, 0.6) is 5.75 Å². The highest BCUT2D eigenvalue weighted by Crippen LogP contribution is 2.31. The summed E-state index contributed by atoms with van der Waals surface area (Å²) in [5.41, 5.74) is -0.852. The van der Waals surface area contributed by atoms with E-state index in [-0.39, 0.29) is 41.9 Å². The van der Waals surface area contributed by atoms with Crippen LogP contribution in [0.1, 0.15) is 102 Å². The van der Waals surface area contributed by atoms with Crippen LogP contribution in [0, 0.1) is 11.3 Å². The molecule has 1 aromatic heterocycles. The van der Waals surface area contributed by atoms with Gasteiger partial charge in [0, 0.05) is 24.9 Å². The van der Waals surface area contributed by atoms with Gasteiger partial charge in [0.1, 0.15) is 35.7 Å². The van der Waals surface area contributed by atoms with Gasteiger partial charge in [0.25, 0.3) is 11.8 Å². The number of carbonyl (C=O) groups is 6. The van der Waals surface area contributed by atoms with E-state index in [0.29, 0.717) is 25.0 Å². The van der Waals surface area contributed by atoms with Crippen molar-refractivity contribution in [2.24, 2.45) is 11.3 Å². The molecule has 0 bridgehead atoms. The predicted octanol–water partition coefficient (Wildman–Crippen LogP) is 1.78. The molecule has 5 rings (SSSR count). The first-order valence-electron chi connectivity index (χ1n) is 20.1. The fourth-order valence-electron chi connectivity index (χ4n) is 7.39. The molecule has 0 spiro atoms. The second-order valence-electron chi connectivity index (χ2n) is 16.4. The first-order valence-corrected chi connectivity index (χ1v) is 21.5. The van der Waals surface area contributed by atoms with Crippen LogP contribution in [0.4, 0.5) is 0 Å². The zero-order chi connectivity index (χ0) is 42.2. The lowest BCUT2D eigenvalue weighted by Crippen LogP contribution is -2.62. The number of carbonyl (C=O) groups excluding carboxylic acids is 6. The molecule has 3 fully saturated rings. The highest BCUT2D eigenvalue weighted by molar-refractivity contribution is 7.89. The van der Waals surface area contributed by atoms with E-state index in [9.17, 15) is 37.2 Å². The Morgan fingerprint density at radius 2 is 1.62 bits per heavy atom. The van der Waals surface area contributed by atoms with Gasteiger partial charge in [-0.3, -0.25) is 33.8 Å². The standard InChI is InChI=1S/C40H56N8O9S/c1-6-10-29(33(49)38(53)44-25-13-14-25)45-36(51)31-21-27(57-26-15-17-28(18-16-26)58(55,56)41-5)23-48(31)39(54)34(40(2,3)4)47-37(52)32(24-11-8-7-9-12-24)46-35(50)30-22-42-19-20-43-30/h15-20,22,24-25,27,29,31-32,34,41H,6-14,21,23H2,1-5H3,(H,44,53)(H,45,51)(H,46,50)(H,47,52)/t27-,29+,31+,32?,34-/m1/s1. The van der Waals surface area contributed by atoms with E-state index in [1.807, 2.05) is 6.92 Å². The minimum atomic E-state index is -3.71. The van der Waals surface area contributed by atoms with E-state index in [1.165, 1.54) is 54.8 Å². The number of ether oxygens (including phenoxy) is 1. The van der Waals surface area contributed by atoms with Crippen LogP contribution < -0.4 is 30.7 Å². The lowest BCUT2D eigenvalue weighted by atomic mass is 9.82. The predicted molar refractivity (Wildman–Crippen MR) is 211 cm³/mol. The lowest BCUT2D eigenvalue weighted by molar-refractivity contribution is -0.145. The van der Waals surface area contributed by atoms with E-state index < -0.39 is 81.0 Å². The molecule has 17 nitrogen and oxygen atoms in total. The number of nitrogens with one attached hydrogen (secondary N) is 5. The average molecular weight is 825 g/mol. The number of hydrogen-bond acceptors (Lipinski definition) is 11. The second-order valence-corrected chi connectivity index (χ2v) is 18.3. The molecule has 2 aliphatic carbocycles. The highest BCUT2D eigenvalue weighted by Gasteiger charge is 2.47. The Kier molecular flexibility index (Phi) is 14.6. The van der Waals surface area contributed by atoms with Crippen molar-refractivity contribution in [3.05, 3.63) is 48.5 Å². The van der Waals surface area contributed by atoms with Gasteiger partial charge in [0.2, 0.25) is 33.5 Å². The number of likely N-dealkylation sites (tertiary alicyclic amines) is 1. The maximum atomic E-state index is 14.8. The monoisotopic (exact) mass is 824 g/mol. The summed E-state index contributed by atoms with van der Waals surface area (Å²) in [6.45, 7) is 7.05. The minimum absolute atomic E-state index is 0.0148. The summed E-state index contributed by atoms with van der Waals surface area (Å²) in [7, 11) is -2.42. The Morgan fingerprint density at radius 1 is 0.931 bits per heavy atom. The highest BCUT2D eigenvalue weighted by atomic mass is 32.2. The Bertz CT molecular complexity index is 1910. The van der Waals surface area contributed by atoms with E-state index >= 15 is 0 Å². The second kappa shape index (κ2) is 19.2. The third kappa shape index (κ3) is 11.4. The minimum Gasteiger partial charge on any atom is -0.488 e. The van der Waals surface area contributed by atoms with Gasteiger partial charge in [-0.15, -0.1) is 0 Å². The van der Waals surface area contributed by atoms with Crippen LogP contribution in [0.2, 0.25) is 0 Å². The Labute approximate surface area is 339 Å². The van der Waals surface area contributed by atoms with Crippen molar-refractivity contribution < 1.29 is 41.9 Å². The number of aromatic nitrogens is 2. The molecule has 2 saturated carbocycles. The molecule has 18 heteroatoms. The number of benzene rings is 1. The molecule has 2 aromatic rings. The van der Waals surface area contributed by atoms with Gasteiger partial charge in [-0.2, -0.15) is 0 Å². The molecule has 5 N–H and O–H groups in total. The molecular weight excluding hydrogens is 769 g/mol.